The Hall–Kier alpha value is -2.52. The molecular formula is C22H26O3. The molecule has 25 heavy (non-hydrogen) atoms. The van der Waals surface area contributed by atoms with Crippen molar-refractivity contribution in [2.75, 3.05) is 20.8 Å². The number of hydrogen-bond donors (Lipinski definition) is 0. The summed E-state index contributed by atoms with van der Waals surface area (Å²) in [5.74, 6) is 1.52. The summed E-state index contributed by atoms with van der Waals surface area (Å²) >= 11 is 0. The predicted octanol–water partition coefficient (Wildman–Crippen LogP) is 5.58. The predicted molar refractivity (Wildman–Crippen MR) is 105 cm³/mol. The lowest BCUT2D eigenvalue weighted by Crippen LogP contribution is -1.99. The summed E-state index contributed by atoms with van der Waals surface area (Å²) in [6.45, 7) is 9.16. The van der Waals surface area contributed by atoms with Crippen LogP contribution in [0.3, 0.4) is 0 Å². The Balaban J connectivity index is 2.70. The van der Waals surface area contributed by atoms with E-state index in [1.54, 1.807) is 14.2 Å². The lowest BCUT2D eigenvalue weighted by Gasteiger charge is -2.18. The second-order valence-corrected chi connectivity index (χ2v) is 5.53. The summed E-state index contributed by atoms with van der Waals surface area (Å²) in [6, 6.07) is 10.2. The second kappa shape index (κ2) is 9.09. The molecule has 0 unspecified atom stereocenters. The Bertz CT molecular complexity index is 735. The molecule has 0 aromatic heterocycles. The monoisotopic (exact) mass is 338 g/mol. The average molecular weight is 338 g/mol. The van der Waals surface area contributed by atoms with E-state index in [9.17, 15) is 0 Å². The van der Waals surface area contributed by atoms with Gasteiger partial charge in [-0.2, -0.15) is 0 Å². The van der Waals surface area contributed by atoms with Crippen LogP contribution in [0.25, 0.3) is 23.3 Å². The highest BCUT2D eigenvalue weighted by molar-refractivity contribution is 5.87. The summed E-state index contributed by atoms with van der Waals surface area (Å²) in [5, 5.41) is 0. The fraction of sp³-hybridized carbons (Fsp3) is 0.273. The van der Waals surface area contributed by atoms with E-state index in [0.717, 1.165) is 39.3 Å². The van der Waals surface area contributed by atoms with E-state index in [1.165, 1.54) is 0 Å². The zero-order valence-electron chi connectivity index (χ0n) is 15.5. The Labute approximate surface area is 150 Å². The van der Waals surface area contributed by atoms with Crippen molar-refractivity contribution in [3.63, 3.8) is 0 Å². The number of ether oxygens (including phenoxy) is 3. The Morgan fingerprint density at radius 3 is 2.28 bits per heavy atom. The molecule has 0 aliphatic rings. The van der Waals surface area contributed by atoms with Crippen LogP contribution in [0, 0.1) is 0 Å². The summed E-state index contributed by atoms with van der Waals surface area (Å²) in [5.41, 5.74) is 5.13. The van der Waals surface area contributed by atoms with Gasteiger partial charge in [-0.25, -0.2) is 0 Å². The standard InChI is InChI=1S/C22H26O3/c1-6-10-17-11-9-12-19(18(17)7-2)22-20(23-4)13-16(15-25-8-3)14-21(22)24-5/h6-7,9-14H,2,8,15H2,1,3-5H3/b10-6-. The Kier molecular flexibility index (Phi) is 6.84. The molecule has 0 N–H and O–H groups in total. The van der Waals surface area contributed by atoms with E-state index < -0.39 is 0 Å². The molecule has 132 valence electrons. The molecule has 0 atom stereocenters. The molecule has 0 spiro atoms. The molecule has 0 aliphatic heterocycles. The quantitative estimate of drug-likeness (QED) is 0.628. The van der Waals surface area contributed by atoms with Crippen LogP contribution in [0.5, 0.6) is 11.5 Å². The Morgan fingerprint density at radius 2 is 1.76 bits per heavy atom. The maximum absolute atomic E-state index is 5.67. The van der Waals surface area contributed by atoms with E-state index in [2.05, 4.69) is 24.8 Å². The highest BCUT2D eigenvalue weighted by atomic mass is 16.5. The van der Waals surface area contributed by atoms with Gasteiger partial charge in [0.1, 0.15) is 11.5 Å². The van der Waals surface area contributed by atoms with Crippen LogP contribution in [-0.4, -0.2) is 20.8 Å². The number of methoxy groups -OCH3 is 2. The van der Waals surface area contributed by atoms with E-state index in [0.29, 0.717) is 13.2 Å². The molecule has 0 aliphatic carbocycles. The summed E-state index contributed by atoms with van der Waals surface area (Å²) in [7, 11) is 3.35. The molecule has 0 saturated heterocycles. The highest BCUT2D eigenvalue weighted by Crippen LogP contribution is 2.42. The first-order valence-electron chi connectivity index (χ1n) is 8.41. The van der Waals surface area contributed by atoms with Gasteiger partial charge in [-0.3, -0.25) is 0 Å². The van der Waals surface area contributed by atoms with Crippen LogP contribution in [0.15, 0.2) is 43.0 Å². The maximum Gasteiger partial charge on any atom is 0.130 e. The number of allylic oxidation sites excluding steroid dienone is 1. The first-order chi connectivity index (χ1) is 12.2. The van der Waals surface area contributed by atoms with E-state index in [-0.39, 0.29) is 0 Å². The first-order valence-corrected chi connectivity index (χ1v) is 8.41. The molecule has 0 fully saturated rings. The zero-order valence-corrected chi connectivity index (χ0v) is 15.5. The molecule has 0 saturated carbocycles. The van der Waals surface area contributed by atoms with Crippen LogP contribution in [-0.2, 0) is 11.3 Å². The van der Waals surface area contributed by atoms with Crippen molar-refractivity contribution in [1.29, 1.82) is 0 Å². The zero-order chi connectivity index (χ0) is 18.2. The van der Waals surface area contributed by atoms with Crippen molar-refractivity contribution in [3.05, 3.63) is 59.7 Å². The molecule has 3 heteroatoms. The minimum absolute atomic E-state index is 0.524. The van der Waals surface area contributed by atoms with Crippen LogP contribution >= 0.6 is 0 Å². The van der Waals surface area contributed by atoms with Crippen molar-refractivity contribution in [3.8, 4) is 22.6 Å². The maximum atomic E-state index is 5.67. The summed E-state index contributed by atoms with van der Waals surface area (Å²) in [6.07, 6.45) is 5.96. The fourth-order valence-electron chi connectivity index (χ4n) is 2.89. The van der Waals surface area contributed by atoms with Crippen LogP contribution in [0.1, 0.15) is 30.5 Å². The molecule has 0 bridgehead atoms. The average Bonchev–Trinajstić information content (AvgIpc) is 2.65. The fourth-order valence-corrected chi connectivity index (χ4v) is 2.89. The van der Waals surface area contributed by atoms with Gasteiger partial charge in [-0.1, -0.05) is 43.0 Å². The van der Waals surface area contributed by atoms with Gasteiger partial charge < -0.3 is 14.2 Å². The lowest BCUT2D eigenvalue weighted by atomic mass is 9.93. The third-order valence-corrected chi connectivity index (χ3v) is 4.00. The Morgan fingerprint density at radius 1 is 1.08 bits per heavy atom. The molecule has 3 nitrogen and oxygen atoms in total. The lowest BCUT2D eigenvalue weighted by molar-refractivity contribution is 0.133. The van der Waals surface area contributed by atoms with Gasteiger partial charge in [0.2, 0.25) is 0 Å². The van der Waals surface area contributed by atoms with E-state index in [1.807, 2.05) is 44.2 Å². The first kappa shape index (κ1) is 18.8. The minimum Gasteiger partial charge on any atom is -0.496 e. The summed E-state index contributed by atoms with van der Waals surface area (Å²) < 4.78 is 16.9. The third-order valence-electron chi connectivity index (χ3n) is 4.00. The normalized spacial score (nSPS) is 10.9. The van der Waals surface area contributed by atoms with Gasteiger partial charge in [-0.05, 0) is 48.2 Å². The molecule has 0 heterocycles. The SMILES string of the molecule is C=Cc1c(/C=C\C)cccc1-c1c(OC)cc(COCC)cc1OC. The van der Waals surface area contributed by atoms with Gasteiger partial charge >= 0.3 is 0 Å². The van der Waals surface area contributed by atoms with Crippen molar-refractivity contribution < 1.29 is 14.2 Å². The highest BCUT2D eigenvalue weighted by Gasteiger charge is 2.18. The van der Waals surface area contributed by atoms with Crippen LogP contribution in [0.2, 0.25) is 0 Å². The molecule has 2 aromatic carbocycles. The van der Waals surface area contributed by atoms with Crippen LogP contribution < -0.4 is 9.47 Å². The minimum atomic E-state index is 0.524. The largest absolute Gasteiger partial charge is 0.496 e. The molecule has 0 amide bonds. The number of benzene rings is 2. The van der Waals surface area contributed by atoms with E-state index in [4.69, 9.17) is 14.2 Å². The molecule has 2 rings (SSSR count). The summed E-state index contributed by atoms with van der Waals surface area (Å²) in [4.78, 5) is 0. The molecular weight excluding hydrogens is 312 g/mol. The molecule has 0 radical (unpaired) electrons. The number of rotatable bonds is 8. The second-order valence-electron chi connectivity index (χ2n) is 5.53. The van der Waals surface area contributed by atoms with Crippen molar-refractivity contribution >= 4 is 12.2 Å². The topological polar surface area (TPSA) is 27.7 Å². The van der Waals surface area contributed by atoms with Crippen molar-refractivity contribution in [2.24, 2.45) is 0 Å². The van der Waals surface area contributed by atoms with E-state index >= 15 is 0 Å². The van der Waals surface area contributed by atoms with Gasteiger partial charge in [0.05, 0.1) is 26.4 Å². The van der Waals surface area contributed by atoms with Gasteiger partial charge in [0.15, 0.2) is 0 Å². The third kappa shape index (κ3) is 4.12. The van der Waals surface area contributed by atoms with Gasteiger partial charge in [0.25, 0.3) is 0 Å². The molecule has 2 aromatic rings. The van der Waals surface area contributed by atoms with Crippen molar-refractivity contribution in [2.45, 2.75) is 20.5 Å². The van der Waals surface area contributed by atoms with Crippen LogP contribution in [0.4, 0.5) is 0 Å². The number of hydrogen-bond acceptors (Lipinski definition) is 3. The van der Waals surface area contributed by atoms with Gasteiger partial charge in [-0.15, -0.1) is 0 Å². The smallest absolute Gasteiger partial charge is 0.130 e. The van der Waals surface area contributed by atoms with Crippen molar-refractivity contribution in [1.82, 2.24) is 0 Å². The van der Waals surface area contributed by atoms with Gasteiger partial charge in [0, 0.05) is 6.61 Å².